The quantitative estimate of drug-likeness (QED) is 0.288. The van der Waals surface area contributed by atoms with Crippen molar-refractivity contribution in [2.24, 2.45) is 0 Å². The summed E-state index contributed by atoms with van der Waals surface area (Å²) in [7, 11) is 0. The Morgan fingerprint density at radius 2 is 2.27 bits per heavy atom. The summed E-state index contributed by atoms with van der Waals surface area (Å²) in [5, 5.41) is 0. The zero-order valence-electron chi connectivity index (χ0n) is 8.39. The average Bonchev–Trinajstić information content (AvgIpc) is 3.05. The number of esters is 2. The number of ether oxygens (including phenoxy) is 3. The predicted molar refractivity (Wildman–Crippen MR) is 50.7 cm³/mol. The second-order valence-electron chi connectivity index (χ2n) is 3.00. The number of hydrogen-bond acceptors (Lipinski definition) is 5. The van der Waals surface area contributed by atoms with Gasteiger partial charge in [-0.25, -0.2) is 9.59 Å². The monoisotopic (exact) mass is 212 g/mol. The van der Waals surface area contributed by atoms with Gasteiger partial charge in [0, 0.05) is 6.08 Å². The van der Waals surface area contributed by atoms with Gasteiger partial charge in [0.2, 0.25) is 0 Å². The van der Waals surface area contributed by atoms with Gasteiger partial charge in [0.15, 0.2) is 0 Å². The molecule has 5 heteroatoms. The van der Waals surface area contributed by atoms with Gasteiger partial charge in [-0.15, -0.1) is 0 Å². The topological polar surface area (TPSA) is 65.1 Å². The first-order valence-electron chi connectivity index (χ1n) is 4.42. The Morgan fingerprint density at radius 1 is 1.60 bits per heavy atom. The van der Waals surface area contributed by atoms with Gasteiger partial charge >= 0.3 is 11.9 Å². The minimum Gasteiger partial charge on any atom is -0.459 e. The van der Waals surface area contributed by atoms with Gasteiger partial charge in [0.1, 0.15) is 19.0 Å². The molecule has 15 heavy (non-hydrogen) atoms. The Morgan fingerprint density at radius 3 is 2.80 bits per heavy atom. The van der Waals surface area contributed by atoms with Crippen molar-refractivity contribution in [2.45, 2.75) is 13.0 Å². The molecule has 0 spiro atoms. The van der Waals surface area contributed by atoms with E-state index < -0.39 is 11.9 Å². The maximum atomic E-state index is 11.2. The Kier molecular flexibility index (Phi) is 4.05. The lowest BCUT2D eigenvalue weighted by Crippen LogP contribution is -2.11. The van der Waals surface area contributed by atoms with Crippen LogP contribution in [0.1, 0.15) is 6.92 Å². The SMILES string of the molecule is C=CC(=O)OC=C(C)C(=O)OCC1CO1. The van der Waals surface area contributed by atoms with Crippen LogP contribution in [0.5, 0.6) is 0 Å². The van der Waals surface area contributed by atoms with Crippen LogP contribution in [0.4, 0.5) is 0 Å². The molecule has 5 nitrogen and oxygen atoms in total. The number of epoxide rings is 1. The molecule has 1 aliphatic heterocycles. The van der Waals surface area contributed by atoms with E-state index in [1.165, 1.54) is 6.92 Å². The highest BCUT2D eigenvalue weighted by Crippen LogP contribution is 2.09. The van der Waals surface area contributed by atoms with Crippen molar-refractivity contribution in [3.05, 3.63) is 24.5 Å². The average molecular weight is 212 g/mol. The minimum atomic E-state index is -0.618. The van der Waals surface area contributed by atoms with E-state index in [1.807, 2.05) is 0 Å². The van der Waals surface area contributed by atoms with Crippen LogP contribution in [0.2, 0.25) is 0 Å². The highest BCUT2D eigenvalue weighted by Gasteiger charge is 2.24. The van der Waals surface area contributed by atoms with E-state index in [1.54, 1.807) is 0 Å². The van der Waals surface area contributed by atoms with Crippen LogP contribution < -0.4 is 0 Å². The summed E-state index contributed by atoms with van der Waals surface area (Å²) >= 11 is 0. The lowest BCUT2D eigenvalue weighted by atomic mass is 10.3. The molecular formula is C10H12O5. The fourth-order valence-corrected chi connectivity index (χ4v) is 0.689. The van der Waals surface area contributed by atoms with Crippen molar-refractivity contribution in [2.75, 3.05) is 13.2 Å². The molecule has 0 aromatic carbocycles. The first kappa shape index (κ1) is 11.5. The molecule has 82 valence electrons. The van der Waals surface area contributed by atoms with Crippen molar-refractivity contribution in [1.29, 1.82) is 0 Å². The molecule has 1 aliphatic rings. The molecule has 0 aliphatic carbocycles. The number of hydrogen-bond donors (Lipinski definition) is 0. The molecule has 1 heterocycles. The molecule has 0 aromatic rings. The summed E-state index contributed by atoms with van der Waals surface area (Å²) < 4.78 is 14.2. The maximum absolute atomic E-state index is 11.2. The Hall–Kier alpha value is -1.62. The maximum Gasteiger partial charge on any atom is 0.336 e. The molecule has 1 fully saturated rings. The molecule has 1 rings (SSSR count). The normalized spacial score (nSPS) is 19.3. The summed E-state index contributed by atoms with van der Waals surface area (Å²) in [6.07, 6.45) is 2.07. The van der Waals surface area contributed by atoms with Crippen molar-refractivity contribution in [3.8, 4) is 0 Å². The van der Waals surface area contributed by atoms with Gasteiger partial charge in [0.25, 0.3) is 0 Å². The van der Waals surface area contributed by atoms with Gasteiger partial charge in [0.05, 0.1) is 12.2 Å². The highest BCUT2D eigenvalue weighted by molar-refractivity contribution is 5.88. The molecule has 1 atom stereocenters. The molecule has 0 bridgehead atoms. The van der Waals surface area contributed by atoms with Gasteiger partial charge in [-0.3, -0.25) is 0 Å². The number of carbonyl (C=O) groups is 2. The van der Waals surface area contributed by atoms with E-state index in [-0.39, 0.29) is 18.3 Å². The van der Waals surface area contributed by atoms with Crippen molar-refractivity contribution < 1.29 is 23.8 Å². The molecule has 0 aromatic heterocycles. The summed E-state index contributed by atoms with van der Waals surface area (Å²) in [5.41, 5.74) is 0.214. The highest BCUT2D eigenvalue weighted by atomic mass is 16.6. The number of carbonyl (C=O) groups excluding carboxylic acids is 2. The molecule has 0 saturated carbocycles. The van der Waals surface area contributed by atoms with E-state index >= 15 is 0 Å². The van der Waals surface area contributed by atoms with Crippen LogP contribution in [0.15, 0.2) is 24.5 Å². The Bertz CT molecular complexity index is 301. The minimum absolute atomic E-state index is 0.0254. The second kappa shape index (κ2) is 5.31. The van der Waals surface area contributed by atoms with Crippen LogP contribution in [-0.2, 0) is 23.8 Å². The lowest BCUT2D eigenvalue weighted by Gasteiger charge is -2.02. The molecule has 0 N–H and O–H groups in total. The summed E-state index contributed by atoms with van der Waals surface area (Å²) in [6.45, 7) is 5.57. The van der Waals surface area contributed by atoms with Crippen LogP contribution in [0.25, 0.3) is 0 Å². The zero-order chi connectivity index (χ0) is 11.3. The van der Waals surface area contributed by atoms with Crippen LogP contribution in [0.3, 0.4) is 0 Å². The van der Waals surface area contributed by atoms with Crippen LogP contribution >= 0.6 is 0 Å². The van der Waals surface area contributed by atoms with Crippen LogP contribution in [0, 0.1) is 0 Å². The van der Waals surface area contributed by atoms with E-state index in [9.17, 15) is 9.59 Å². The summed E-state index contributed by atoms with van der Waals surface area (Å²) in [5.74, 6) is -1.14. The van der Waals surface area contributed by atoms with Gasteiger partial charge in [-0.2, -0.15) is 0 Å². The predicted octanol–water partition coefficient (Wildman–Crippen LogP) is 0.561. The van der Waals surface area contributed by atoms with Gasteiger partial charge < -0.3 is 14.2 Å². The Balaban J connectivity index is 2.29. The Labute approximate surface area is 87.3 Å². The number of rotatable bonds is 5. The van der Waals surface area contributed by atoms with E-state index in [4.69, 9.17) is 9.47 Å². The van der Waals surface area contributed by atoms with E-state index in [0.29, 0.717) is 6.61 Å². The standard InChI is InChI=1S/C10H12O5/c1-3-9(11)14-4-7(2)10(12)15-6-8-5-13-8/h3-4,8H,1,5-6H2,2H3. The molecule has 1 saturated heterocycles. The third kappa shape index (κ3) is 4.42. The molecule has 0 amide bonds. The lowest BCUT2D eigenvalue weighted by molar-refractivity contribution is -0.139. The molecular weight excluding hydrogens is 200 g/mol. The largest absolute Gasteiger partial charge is 0.459 e. The third-order valence-electron chi connectivity index (χ3n) is 1.64. The van der Waals surface area contributed by atoms with Crippen LogP contribution in [-0.4, -0.2) is 31.3 Å². The summed E-state index contributed by atoms with van der Waals surface area (Å²) in [4.78, 5) is 21.9. The third-order valence-corrected chi connectivity index (χ3v) is 1.64. The fourth-order valence-electron chi connectivity index (χ4n) is 0.689. The smallest absolute Gasteiger partial charge is 0.336 e. The fraction of sp³-hybridized carbons (Fsp3) is 0.400. The zero-order valence-corrected chi connectivity index (χ0v) is 8.39. The van der Waals surface area contributed by atoms with Gasteiger partial charge in [-0.05, 0) is 6.92 Å². The van der Waals surface area contributed by atoms with E-state index in [2.05, 4.69) is 11.3 Å². The first-order valence-corrected chi connectivity index (χ1v) is 4.42. The first-order chi connectivity index (χ1) is 7.13. The van der Waals surface area contributed by atoms with Crippen molar-refractivity contribution >= 4 is 11.9 Å². The summed E-state index contributed by atoms with van der Waals surface area (Å²) in [6, 6.07) is 0. The molecule has 0 radical (unpaired) electrons. The van der Waals surface area contributed by atoms with Gasteiger partial charge in [-0.1, -0.05) is 6.58 Å². The second-order valence-corrected chi connectivity index (χ2v) is 3.00. The van der Waals surface area contributed by atoms with E-state index in [0.717, 1.165) is 12.3 Å². The molecule has 1 unspecified atom stereocenters. The van der Waals surface area contributed by atoms with Crippen molar-refractivity contribution in [1.82, 2.24) is 0 Å². The van der Waals surface area contributed by atoms with Crippen molar-refractivity contribution in [3.63, 3.8) is 0 Å².